The van der Waals surface area contributed by atoms with E-state index in [0.717, 1.165) is 30.4 Å². The van der Waals surface area contributed by atoms with Gasteiger partial charge in [-0.1, -0.05) is 93.8 Å². The highest BCUT2D eigenvalue weighted by Crippen LogP contribution is 2.43. The molecule has 2 rings (SSSR count). The van der Waals surface area contributed by atoms with Crippen LogP contribution in [0.3, 0.4) is 0 Å². The monoisotopic (exact) mass is 305 g/mol. The molecule has 0 aromatic heterocycles. The van der Waals surface area contributed by atoms with Crippen LogP contribution >= 0.6 is 0 Å². The minimum absolute atomic E-state index is 0.349. The lowest BCUT2D eigenvalue weighted by molar-refractivity contribution is 0.330. The number of nitriles is 1. The predicted molar refractivity (Wildman–Crippen MR) is 97.2 cm³/mol. The van der Waals surface area contributed by atoms with Gasteiger partial charge in [0.1, 0.15) is 5.41 Å². The van der Waals surface area contributed by atoms with Gasteiger partial charge >= 0.3 is 0 Å². The van der Waals surface area contributed by atoms with E-state index in [9.17, 15) is 5.26 Å². The number of unbranched alkanes of at least 4 members (excludes halogenated alkanes) is 1. The molecule has 0 spiro atoms. The van der Waals surface area contributed by atoms with Crippen molar-refractivity contribution in [3.63, 3.8) is 0 Å². The molecule has 0 fully saturated rings. The molecule has 0 aliphatic carbocycles. The van der Waals surface area contributed by atoms with Crippen molar-refractivity contribution in [2.24, 2.45) is 5.92 Å². The van der Waals surface area contributed by atoms with Gasteiger partial charge in [0.15, 0.2) is 0 Å². The summed E-state index contributed by atoms with van der Waals surface area (Å²) in [6, 6.07) is 23.5. The first-order valence-electron chi connectivity index (χ1n) is 8.81. The molecular formula is C22H27N. The Kier molecular flexibility index (Phi) is 6.41. The van der Waals surface area contributed by atoms with Crippen LogP contribution in [-0.2, 0) is 5.41 Å². The number of rotatable bonds is 8. The van der Waals surface area contributed by atoms with E-state index in [-0.39, 0.29) is 0 Å². The summed E-state index contributed by atoms with van der Waals surface area (Å²) in [5.41, 5.74) is 1.71. The Bertz CT molecular complexity index is 570. The molecule has 0 bridgehead atoms. The maximum atomic E-state index is 10.3. The Morgan fingerprint density at radius 2 is 1.35 bits per heavy atom. The Morgan fingerprint density at radius 1 is 0.826 bits per heavy atom. The summed E-state index contributed by atoms with van der Waals surface area (Å²) in [6.07, 6.45) is 5.63. The van der Waals surface area contributed by atoms with Crippen LogP contribution < -0.4 is 0 Å². The molecule has 0 N–H and O–H groups in total. The van der Waals surface area contributed by atoms with Gasteiger partial charge < -0.3 is 0 Å². The van der Waals surface area contributed by atoms with Crippen LogP contribution in [0.15, 0.2) is 60.7 Å². The van der Waals surface area contributed by atoms with Gasteiger partial charge in [0, 0.05) is 0 Å². The molecule has 0 saturated heterocycles. The van der Waals surface area contributed by atoms with Gasteiger partial charge in [-0.3, -0.25) is 0 Å². The van der Waals surface area contributed by atoms with E-state index in [1.807, 2.05) is 36.4 Å². The molecule has 120 valence electrons. The third kappa shape index (κ3) is 3.64. The summed E-state index contributed by atoms with van der Waals surface area (Å²) in [6.45, 7) is 4.44. The van der Waals surface area contributed by atoms with Gasteiger partial charge in [-0.2, -0.15) is 5.26 Å². The molecule has 2 aromatic carbocycles. The molecule has 23 heavy (non-hydrogen) atoms. The number of hydrogen-bond donors (Lipinski definition) is 0. The van der Waals surface area contributed by atoms with Crippen molar-refractivity contribution >= 4 is 0 Å². The van der Waals surface area contributed by atoms with E-state index in [0.29, 0.717) is 5.92 Å². The zero-order valence-corrected chi connectivity index (χ0v) is 14.3. The fourth-order valence-corrected chi connectivity index (χ4v) is 3.64. The standard InChI is InChI=1S/C22H27N/c1-3-5-13-19(12-4-2)22(18-23,20-14-8-6-9-15-20)21-16-10-7-11-17-21/h6-11,14-17,19H,3-5,12-13H2,1-2H3. The van der Waals surface area contributed by atoms with Crippen molar-refractivity contribution in [1.29, 1.82) is 5.26 Å². The molecule has 1 nitrogen and oxygen atoms in total. The molecule has 0 aliphatic heterocycles. The van der Waals surface area contributed by atoms with Crippen LogP contribution in [0.2, 0.25) is 0 Å². The first-order chi connectivity index (χ1) is 11.3. The zero-order valence-electron chi connectivity index (χ0n) is 14.3. The van der Waals surface area contributed by atoms with Crippen molar-refractivity contribution in [1.82, 2.24) is 0 Å². The van der Waals surface area contributed by atoms with Gasteiger partial charge in [0.2, 0.25) is 0 Å². The van der Waals surface area contributed by atoms with Crippen molar-refractivity contribution in [3.8, 4) is 6.07 Å². The third-order valence-corrected chi connectivity index (χ3v) is 4.79. The SMILES string of the molecule is CCCCC(CCC)C(C#N)(c1ccccc1)c1ccccc1. The van der Waals surface area contributed by atoms with Crippen molar-refractivity contribution in [2.75, 3.05) is 0 Å². The summed E-state index contributed by atoms with van der Waals surface area (Å²) in [7, 11) is 0. The number of nitrogens with zero attached hydrogens (tertiary/aromatic N) is 1. The Morgan fingerprint density at radius 3 is 1.74 bits per heavy atom. The van der Waals surface area contributed by atoms with Gasteiger partial charge in [-0.05, 0) is 29.9 Å². The highest BCUT2D eigenvalue weighted by atomic mass is 14.5. The topological polar surface area (TPSA) is 23.8 Å². The van der Waals surface area contributed by atoms with E-state index in [2.05, 4.69) is 44.2 Å². The van der Waals surface area contributed by atoms with Crippen molar-refractivity contribution in [3.05, 3.63) is 71.8 Å². The maximum Gasteiger partial charge on any atom is 0.110 e. The van der Waals surface area contributed by atoms with Crippen LogP contribution in [0.4, 0.5) is 0 Å². The number of hydrogen-bond acceptors (Lipinski definition) is 1. The first kappa shape index (κ1) is 17.3. The fraction of sp³-hybridized carbons (Fsp3) is 0.409. The quantitative estimate of drug-likeness (QED) is 0.578. The second-order valence-corrected chi connectivity index (χ2v) is 6.28. The van der Waals surface area contributed by atoms with E-state index < -0.39 is 5.41 Å². The van der Waals surface area contributed by atoms with Gasteiger partial charge in [-0.15, -0.1) is 0 Å². The molecule has 1 atom stereocenters. The van der Waals surface area contributed by atoms with Gasteiger partial charge in [0.25, 0.3) is 0 Å². The summed E-state index contributed by atoms with van der Waals surface area (Å²) in [4.78, 5) is 0. The van der Waals surface area contributed by atoms with Crippen LogP contribution in [0.5, 0.6) is 0 Å². The van der Waals surface area contributed by atoms with Crippen molar-refractivity contribution < 1.29 is 0 Å². The average Bonchev–Trinajstić information content (AvgIpc) is 2.62. The molecule has 2 aromatic rings. The molecule has 0 radical (unpaired) electrons. The molecule has 1 unspecified atom stereocenters. The smallest absolute Gasteiger partial charge is 0.110 e. The molecular weight excluding hydrogens is 278 g/mol. The molecule has 0 saturated carbocycles. The molecule has 0 amide bonds. The molecule has 1 heteroatoms. The Balaban J connectivity index is 2.60. The van der Waals surface area contributed by atoms with Crippen LogP contribution in [0.1, 0.15) is 57.1 Å². The minimum Gasteiger partial charge on any atom is -0.197 e. The lowest BCUT2D eigenvalue weighted by atomic mass is 9.64. The normalized spacial score (nSPS) is 12.6. The number of benzene rings is 2. The summed E-state index contributed by atoms with van der Waals surface area (Å²) in [5, 5.41) is 10.3. The second kappa shape index (κ2) is 8.53. The average molecular weight is 305 g/mol. The maximum absolute atomic E-state index is 10.3. The van der Waals surface area contributed by atoms with E-state index in [4.69, 9.17) is 0 Å². The molecule has 0 heterocycles. The summed E-state index contributed by atoms with van der Waals surface area (Å²) >= 11 is 0. The van der Waals surface area contributed by atoms with Crippen LogP contribution in [-0.4, -0.2) is 0 Å². The van der Waals surface area contributed by atoms with Crippen molar-refractivity contribution in [2.45, 2.75) is 51.4 Å². The van der Waals surface area contributed by atoms with E-state index in [1.165, 1.54) is 12.8 Å². The lowest BCUT2D eigenvalue weighted by Crippen LogP contribution is -2.35. The van der Waals surface area contributed by atoms with Crippen LogP contribution in [0, 0.1) is 17.2 Å². The van der Waals surface area contributed by atoms with Gasteiger partial charge in [-0.25, -0.2) is 0 Å². The lowest BCUT2D eigenvalue weighted by Gasteiger charge is -2.36. The Labute approximate surface area is 141 Å². The highest BCUT2D eigenvalue weighted by molar-refractivity contribution is 5.46. The van der Waals surface area contributed by atoms with E-state index >= 15 is 0 Å². The fourth-order valence-electron chi connectivity index (χ4n) is 3.64. The zero-order chi connectivity index (χ0) is 16.5. The third-order valence-electron chi connectivity index (χ3n) is 4.79. The first-order valence-corrected chi connectivity index (χ1v) is 8.81. The van der Waals surface area contributed by atoms with Gasteiger partial charge in [0.05, 0.1) is 6.07 Å². The highest BCUT2D eigenvalue weighted by Gasteiger charge is 2.41. The Hall–Kier alpha value is -2.07. The second-order valence-electron chi connectivity index (χ2n) is 6.28. The summed E-state index contributed by atoms with van der Waals surface area (Å²) in [5.74, 6) is 0.349. The predicted octanol–water partition coefficient (Wildman–Crippen LogP) is 6.10. The van der Waals surface area contributed by atoms with E-state index in [1.54, 1.807) is 0 Å². The largest absolute Gasteiger partial charge is 0.197 e. The molecule has 0 aliphatic rings. The van der Waals surface area contributed by atoms with Crippen LogP contribution in [0.25, 0.3) is 0 Å². The summed E-state index contributed by atoms with van der Waals surface area (Å²) < 4.78 is 0. The minimum atomic E-state index is -0.548.